The summed E-state index contributed by atoms with van der Waals surface area (Å²) in [5, 5.41) is 3.42. The average Bonchev–Trinajstić information content (AvgIpc) is 2.74. The molecule has 0 aromatic heterocycles. The van der Waals surface area contributed by atoms with Gasteiger partial charge in [0.2, 0.25) is 5.91 Å². The summed E-state index contributed by atoms with van der Waals surface area (Å²) in [6.45, 7) is 6.23. The van der Waals surface area contributed by atoms with Crippen molar-refractivity contribution in [2.24, 2.45) is 5.92 Å². The van der Waals surface area contributed by atoms with Gasteiger partial charge in [0, 0.05) is 18.1 Å². The number of halogens is 1. The molecule has 0 heterocycles. The molecule has 0 radical (unpaired) electrons. The van der Waals surface area contributed by atoms with Crippen molar-refractivity contribution in [3.63, 3.8) is 0 Å². The number of nitrogens with zero attached hydrogens (tertiary/aromatic N) is 1. The highest BCUT2D eigenvalue weighted by atomic mass is 35.5. The molecule has 0 aliphatic carbocycles. The van der Waals surface area contributed by atoms with Gasteiger partial charge in [0.25, 0.3) is 5.91 Å². The molecular weight excluding hydrogens is 404 g/mol. The van der Waals surface area contributed by atoms with Crippen LogP contribution < -0.4 is 14.8 Å². The second-order valence-electron chi connectivity index (χ2n) is 7.37. The minimum atomic E-state index is -0.686. The molecule has 6 nitrogen and oxygen atoms in total. The molecule has 0 aliphatic rings. The van der Waals surface area contributed by atoms with Crippen molar-refractivity contribution in [3.8, 4) is 11.5 Å². The predicted molar refractivity (Wildman–Crippen MR) is 118 cm³/mol. The molecule has 0 saturated heterocycles. The monoisotopic (exact) mass is 432 g/mol. The Morgan fingerprint density at radius 3 is 2.30 bits per heavy atom. The zero-order chi connectivity index (χ0) is 22.1. The van der Waals surface area contributed by atoms with Crippen LogP contribution in [-0.2, 0) is 16.1 Å². The van der Waals surface area contributed by atoms with Crippen molar-refractivity contribution in [1.29, 1.82) is 0 Å². The smallest absolute Gasteiger partial charge is 0.261 e. The highest BCUT2D eigenvalue weighted by molar-refractivity contribution is 6.31. The topological polar surface area (TPSA) is 67.9 Å². The third-order valence-electron chi connectivity index (χ3n) is 4.57. The first-order valence-corrected chi connectivity index (χ1v) is 10.3. The molecule has 0 unspecified atom stereocenters. The first-order valence-electron chi connectivity index (χ1n) is 9.89. The fraction of sp³-hybridized carbons (Fsp3) is 0.391. The molecular formula is C23H29ClN2O4. The fourth-order valence-corrected chi connectivity index (χ4v) is 3.00. The molecule has 0 spiro atoms. The Bertz CT molecular complexity index is 857. The largest absolute Gasteiger partial charge is 0.493 e. The molecule has 0 bridgehead atoms. The summed E-state index contributed by atoms with van der Waals surface area (Å²) in [7, 11) is 1.54. The first-order chi connectivity index (χ1) is 14.3. The third-order valence-corrected chi connectivity index (χ3v) is 4.94. The molecule has 162 valence electrons. The molecule has 0 saturated carbocycles. The third kappa shape index (κ3) is 6.66. The lowest BCUT2D eigenvalue weighted by Crippen LogP contribution is -2.49. The van der Waals surface area contributed by atoms with Gasteiger partial charge in [-0.3, -0.25) is 9.59 Å². The number of benzene rings is 2. The Morgan fingerprint density at radius 1 is 1.03 bits per heavy atom. The van der Waals surface area contributed by atoms with E-state index in [0.717, 1.165) is 5.56 Å². The zero-order valence-electron chi connectivity index (χ0n) is 17.9. The molecule has 7 heteroatoms. The van der Waals surface area contributed by atoms with Gasteiger partial charge in [-0.2, -0.15) is 0 Å². The highest BCUT2D eigenvalue weighted by Crippen LogP contribution is 2.26. The fourth-order valence-electron chi connectivity index (χ4n) is 2.81. The first kappa shape index (κ1) is 23.5. The van der Waals surface area contributed by atoms with Crippen molar-refractivity contribution >= 4 is 23.4 Å². The summed E-state index contributed by atoms with van der Waals surface area (Å²) in [5.41, 5.74) is 0.758. The maximum absolute atomic E-state index is 13.1. The van der Waals surface area contributed by atoms with Crippen LogP contribution in [0.1, 0.15) is 26.3 Å². The number of carbonyl (C=O) groups excluding carboxylic acids is 2. The summed E-state index contributed by atoms with van der Waals surface area (Å²) in [4.78, 5) is 27.2. The molecule has 2 aromatic carbocycles. The standard InChI is InChI=1S/C23H29ClN2O4/c1-16(2)13-25-23(28)17(3)26(14-18-9-5-6-10-19(18)24)22(27)15-30-21-12-8-7-11-20(21)29-4/h5-12,16-17H,13-15H2,1-4H3,(H,25,28)/t17-/m1/s1. The van der Waals surface area contributed by atoms with E-state index in [1.807, 2.05) is 38.1 Å². The predicted octanol–water partition coefficient (Wildman–Crippen LogP) is 3.92. The minimum Gasteiger partial charge on any atom is -0.493 e. The number of ether oxygens (including phenoxy) is 2. The van der Waals surface area contributed by atoms with Crippen LogP contribution in [0.2, 0.25) is 5.02 Å². The van der Waals surface area contributed by atoms with Crippen molar-refractivity contribution in [1.82, 2.24) is 10.2 Å². The van der Waals surface area contributed by atoms with Gasteiger partial charge in [-0.05, 0) is 36.6 Å². The van der Waals surface area contributed by atoms with Crippen LogP contribution in [0.25, 0.3) is 0 Å². The Kier molecular flexibility index (Phi) is 8.99. The van der Waals surface area contributed by atoms with E-state index in [4.69, 9.17) is 21.1 Å². The lowest BCUT2D eigenvalue weighted by molar-refractivity contribution is -0.142. The van der Waals surface area contributed by atoms with Gasteiger partial charge in [-0.25, -0.2) is 0 Å². The summed E-state index contributed by atoms with van der Waals surface area (Å²) in [6.07, 6.45) is 0. The normalized spacial score (nSPS) is 11.7. The van der Waals surface area contributed by atoms with E-state index in [2.05, 4.69) is 5.32 Å². The van der Waals surface area contributed by atoms with E-state index >= 15 is 0 Å². The van der Waals surface area contributed by atoms with Crippen LogP contribution in [0.5, 0.6) is 11.5 Å². The number of nitrogens with one attached hydrogen (secondary N) is 1. The zero-order valence-corrected chi connectivity index (χ0v) is 18.6. The lowest BCUT2D eigenvalue weighted by Gasteiger charge is -2.29. The minimum absolute atomic E-state index is 0.198. The van der Waals surface area contributed by atoms with Crippen LogP contribution in [-0.4, -0.2) is 43.0 Å². The van der Waals surface area contributed by atoms with E-state index in [-0.39, 0.29) is 25.0 Å². The Balaban J connectivity index is 2.17. The van der Waals surface area contributed by atoms with Crippen molar-refractivity contribution < 1.29 is 19.1 Å². The molecule has 1 N–H and O–H groups in total. The number of para-hydroxylation sites is 2. The van der Waals surface area contributed by atoms with E-state index in [0.29, 0.717) is 29.0 Å². The lowest BCUT2D eigenvalue weighted by atomic mass is 10.1. The van der Waals surface area contributed by atoms with Crippen LogP contribution in [0.4, 0.5) is 0 Å². The average molecular weight is 433 g/mol. The van der Waals surface area contributed by atoms with Gasteiger partial charge in [-0.1, -0.05) is 55.8 Å². The van der Waals surface area contributed by atoms with Crippen LogP contribution in [0, 0.1) is 5.92 Å². The molecule has 30 heavy (non-hydrogen) atoms. The van der Waals surface area contributed by atoms with Gasteiger partial charge in [0.1, 0.15) is 6.04 Å². The van der Waals surface area contributed by atoms with Crippen LogP contribution >= 0.6 is 11.6 Å². The van der Waals surface area contributed by atoms with Gasteiger partial charge >= 0.3 is 0 Å². The molecule has 2 amide bonds. The maximum atomic E-state index is 13.1. The molecule has 1 atom stereocenters. The molecule has 0 aliphatic heterocycles. The highest BCUT2D eigenvalue weighted by Gasteiger charge is 2.27. The van der Waals surface area contributed by atoms with Gasteiger partial charge in [-0.15, -0.1) is 0 Å². The Hall–Kier alpha value is -2.73. The summed E-state index contributed by atoms with van der Waals surface area (Å²) in [5.74, 6) is 0.755. The van der Waals surface area contributed by atoms with Crippen molar-refractivity contribution in [2.45, 2.75) is 33.4 Å². The summed E-state index contributed by atoms with van der Waals surface area (Å²) in [6, 6.07) is 13.7. The number of carbonyl (C=O) groups is 2. The quantitative estimate of drug-likeness (QED) is 0.618. The van der Waals surface area contributed by atoms with Gasteiger partial charge < -0.3 is 19.7 Å². The number of hydrogen-bond acceptors (Lipinski definition) is 4. The Morgan fingerprint density at radius 2 is 1.67 bits per heavy atom. The second kappa shape index (κ2) is 11.5. The van der Waals surface area contributed by atoms with Gasteiger partial charge in [0.15, 0.2) is 18.1 Å². The number of hydrogen-bond donors (Lipinski definition) is 1. The van der Waals surface area contributed by atoms with E-state index in [1.165, 1.54) is 12.0 Å². The molecule has 2 aromatic rings. The summed E-state index contributed by atoms with van der Waals surface area (Å²) < 4.78 is 10.9. The van der Waals surface area contributed by atoms with E-state index in [1.54, 1.807) is 31.2 Å². The van der Waals surface area contributed by atoms with Crippen LogP contribution in [0.15, 0.2) is 48.5 Å². The SMILES string of the molecule is COc1ccccc1OCC(=O)N(Cc1ccccc1Cl)[C@H](C)C(=O)NCC(C)C. The van der Waals surface area contributed by atoms with Gasteiger partial charge in [0.05, 0.1) is 7.11 Å². The molecule has 2 rings (SSSR count). The van der Waals surface area contributed by atoms with Crippen LogP contribution in [0.3, 0.4) is 0 Å². The van der Waals surface area contributed by atoms with Crippen molar-refractivity contribution in [2.75, 3.05) is 20.3 Å². The molecule has 0 fully saturated rings. The van der Waals surface area contributed by atoms with Crippen molar-refractivity contribution in [3.05, 3.63) is 59.1 Å². The Labute approximate surface area is 183 Å². The summed E-state index contributed by atoms with van der Waals surface area (Å²) >= 11 is 6.29. The second-order valence-corrected chi connectivity index (χ2v) is 7.77. The number of amides is 2. The van der Waals surface area contributed by atoms with E-state index in [9.17, 15) is 9.59 Å². The van der Waals surface area contributed by atoms with E-state index < -0.39 is 6.04 Å². The number of methoxy groups -OCH3 is 1. The maximum Gasteiger partial charge on any atom is 0.261 e. The number of rotatable bonds is 10.